The van der Waals surface area contributed by atoms with Crippen molar-refractivity contribution in [2.45, 2.75) is 12.8 Å². The van der Waals surface area contributed by atoms with Gasteiger partial charge in [0.2, 0.25) is 5.91 Å². The number of carbonyl (C=O) groups is 1. The number of carbonyl (C=O) groups excluding carboxylic acids is 1. The molecular weight excluding hydrogens is 212 g/mol. The van der Waals surface area contributed by atoms with Gasteiger partial charge in [0.05, 0.1) is 11.6 Å². The highest BCUT2D eigenvalue weighted by molar-refractivity contribution is 6.06. The minimum atomic E-state index is 0.0488. The van der Waals surface area contributed by atoms with Gasteiger partial charge in [-0.25, -0.2) is 5.43 Å². The normalized spacial score (nSPS) is 27.1. The largest absolute Gasteiger partial charge is 0.273 e. The average Bonchev–Trinajstić information content (AvgIpc) is 2.41. The van der Waals surface area contributed by atoms with Crippen LogP contribution in [0.1, 0.15) is 18.4 Å². The molecule has 0 bridgehead atoms. The maximum absolute atomic E-state index is 11.8. The Bertz CT molecular complexity index is 490. The molecule has 0 saturated heterocycles. The molecule has 1 aromatic rings. The summed E-state index contributed by atoms with van der Waals surface area (Å²) in [6, 6.07) is 10.1. The first-order chi connectivity index (χ1) is 8.36. The molecule has 1 amide bonds. The molecule has 0 unspecified atom stereocenters. The second-order valence-electron chi connectivity index (χ2n) is 4.49. The molecule has 0 spiro atoms. The molecule has 3 nitrogen and oxygen atoms in total. The summed E-state index contributed by atoms with van der Waals surface area (Å²) in [5, 5.41) is 4.25. The highest BCUT2D eigenvalue weighted by Gasteiger charge is 2.36. The summed E-state index contributed by atoms with van der Waals surface area (Å²) >= 11 is 0. The van der Waals surface area contributed by atoms with E-state index >= 15 is 0 Å². The van der Waals surface area contributed by atoms with Gasteiger partial charge in [0.1, 0.15) is 0 Å². The second kappa shape index (κ2) is 4.17. The lowest BCUT2D eigenvalue weighted by molar-refractivity contribution is -0.126. The van der Waals surface area contributed by atoms with E-state index in [2.05, 4.69) is 22.7 Å². The highest BCUT2D eigenvalue weighted by Crippen LogP contribution is 2.31. The summed E-state index contributed by atoms with van der Waals surface area (Å²) in [7, 11) is 0. The van der Waals surface area contributed by atoms with E-state index in [0.717, 1.165) is 24.1 Å². The Kier molecular flexibility index (Phi) is 2.52. The first-order valence-corrected chi connectivity index (χ1v) is 5.94. The Labute approximate surface area is 100 Å². The minimum absolute atomic E-state index is 0.0488. The number of benzene rings is 1. The molecule has 17 heavy (non-hydrogen) atoms. The van der Waals surface area contributed by atoms with Crippen LogP contribution in [0.5, 0.6) is 0 Å². The Hall–Kier alpha value is -1.90. The monoisotopic (exact) mass is 226 g/mol. The quantitative estimate of drug-likeness (QED) is 0.732. The van der Waals surface area contributed by atoms with Gasteiger partial charge in [0.25, 0.3) is 0 Å². The Morgan fingerprint density at radius 3 is 2.53 bits per heavy atom. The number of hydrogen-bond acceptors (Lipinski definition) is 2. The van der Waals surface area contributed by atoms with Crippen molar-refractivity contribution in [2.24, 2.45) is 16.9 Å². The number of rotatable bonds is 1. The van der Waals surface area contributed by atoms with Crippen LogP contribution in [0.15, 0.2) is 47.6 Å². The van der Waals surface area contributed by atoms with Crippen molar-refractivity contribution in [3.63, 3.8) is 0 Å². The fourth-order valence-electron chi connectivity index (χ4n) is 2.57. The van der Waals surface area contributed by atoms with E-state index < -0.39 is 0 Å². The summed E-state index contributed by atoms with van der Waals surface area (Å²) in [5.41, 5.74) is 4.77. The maximum atomic E-state index is 11.8. The number of amides is 1. The van der Waals surface area contributed by atoms with Crippen LogP contribution in [0.2, 0.25) is 0 Å². The molecule has 1 aromatic carbocycles. The van der Waals surface area contributed by atoms with Gasteiger partial charge in [-0.05, 0) is 18.4 Å². The number of nitrogens with one attached hydrogen (secondary N) is 1. The Morgan fingerprint density at radius 1 is 1.06 bits per heavy atom. The van der Waals surface area contributed by atoms with Crippen molar-refractivity contribution < 1.29 is 4.79 Å². The van der Waals surface area contributed by atoms with Crippen molar-refractivity contribution in [3.8, 4) is 0 Å². The van der Waals surface area contributed by atoms with E-state index in [4.69, 9.17) is 0 Å². The van der Waals surface area contributed by atoms with E-state index in [-0.39, 0.29) is 17.7 Å². The number of hydrazone groups is 1. The summed E-state index contributed by atoms with van der Waals surface area (Å²) in [6.07, 6.45) is 5.97. The standard InChI is InChI=1S/C14H14N2O/c17-14-12-9-5-4-8-11(12)13(15-16-14)10-6-2-1-3-7-10/h1-7,11-12H,8-9H2,(H,16,17)/t11-,12+/m0/s1. The maximum Gasteiger partial charge on any atom is 0.244 e. The minimum Gasteiger partial charge on any atom is -0.273 e. The zero-order valence-corrected chi connectivity index (χ0v) is 9.47. The molecule has 3 heteroatoms. The molecular formula is C14H14N2O. The highest BCUT2D eigenvalue weighted by atomic mass is 16.2. The molecule has 1 aliphatic carbocycles. The number of allylic oxidation sites excluding steroid dienone is 2. The van der Waals surface area contributed by atoms with Crippen LogP contribution >= 0.6 is 0 Å². The first kappa shape index (κ1) is 10.3. The molecule has 86 valence electrons. The molecule has 0 aromatic heterocycles. The lowest BCUT2D eigenvalue weighted by Gasteiger charge is -2.31. The molecule has 1 heterocycles. The summed E-state index contributed by atoms with van der Waals surface area (Å²) in [5.74, 6) is 0.336. The molecule has 0 fully saturated rings. The van der Waals surface area contributed by atoms with E-state index in [9.17, 15) is 4.79 Å². The molecule has 0 saturated carbocycles. The number of fused-ring (bicyclic) bond motifs is 1. The van der Waals surface area contributed by atoms with Gasteiger partial charge in [-0.2, -0.15) is 5.10 Å². The van der Waals surface area contributed by atoms with Gasteiger partial charge in [-0.15, -0.1) is 0 Å². The third kappa shape index (κ3) is 1.78. The summed E-state index contributed by atoms with van der Waals surface area (Å²) in [6.45, 7) is 0. The third-order valence-electron chi connectivity index (χ3n) is 3.48. The van der Waals surface area contributed by atoms with Crippen LogP contribution in [0.3, 0.4) is 0 Å². The van der Waals surface area contributed by atoms with Crippen molar-refractivity contribution >= 4 is 11.6 Å². The van der Waals surface area contributed by atoms with E-state index in [1.165, 1.54) is 0 Å². The molecule has 1 aliphatic heterocycles. The predicted octanol–water partition coefficient (Wildman–Crippen LogP) is 2.10. The lowest BCUT2D eigenvalue weighted by atomic mass is 9.77. The fourth-order valence-corrected chi connectivity index (χ4v) is 2.57. The third-order valence-corrected chi connectivity index (χ3v) is 3.48. The summed E-state index contributed by atoms with van der Waals surface area (Å²) < 4.78 is 0. The predicted molar refractivity (Wildman–Crippen MR) is 66.5 cm³/mol. The SMILES string of the molecule is O=C1NN=C(c2ccccc2)[C@H]2CC=CC[C@@H]12. The van der Waals surface area contributed by atoms with Crippen LogP contribution in [0, 0.1) is 11.8 Å². The van der Waals surface area contributed by atoms with Crippen LogP contribution in [0.4, 0.5) is 0 Å². The van der Waals surface area contributed by atoms with Gasteiger partial charge in [0.15, 0.2) is 0 Å². The first-order valence-electron chi connectivity index (χ1n) is 5.94. The van der Waals surface area contributed by atoms with Crippen LogP contribution in [0.25, 0.3) is 0 Å². The zero-order valence-electron chi connectivity index (χ0n) is 9.47. The van der Waals surface area contributed by atoms with E-state index in [1.54, 1.807) is 0 Å². The van der Waals surface area contributed by atoms with Crippen LogP contribution in [-0.4, -0.2) is 11.6 Å². The lowest BCUT2D eigenvalue weighted by Crippen LogP contribution is -2.42. The van der Waals surface area contributed by atoms with Crippen molar-refractivity contribution in [1.29, 1.82) is 0 Å². The van der Waals surface area contributed by atoms with E-state index in [0.29, 0.717) is 0 Å². The van der Waals surface area contributed by atoms with Crippen molar-refractivity contribution in [3.05, 3.63) is 48.0 Å². The van der Waals surface area contributed by atoms with E-state index in [1.807, 2.05) is 30.3 Å². The van der Waals surface area contributed by atoms with Crippen molar-refractivity contribution in [1.82, 2.24) is 5.43 Å². The molecule has 1 N–H and O–H groups in total. The molecule has 2 atom stereocenters. The summed E-state index contributed by atoms with van der Waals surface area (Å²) in [4.78, 5) is 11.8. The second-order valence-corrected chi connectivity index (χ2v) is 4.49. The topological polar surface area (TPSA) is 41.5 Å². The van der Waals surface area contributed by atoms with Gasteiger partial charge < -0.3 is 0 Å². The Morgan fingerprint density at radius 2 is 1.76 bits per heavy atom. The number of hydrogen-bond donors (Lipinski definition) is 1. The van der Waals surface area contributed by atoms with Gasteiger partial charge in [-0.1, -0.05) is 42.5 Å². The van der Waals surface area contributed by atoms with Crippen LogP contribution in [-0.2, 0) is 4.79 Å². The average molecular weight is 226 g/mol. The van der Waals surface area contributed by atoms with Crippen molar-refractivity contribution in [2.75, 3.05) is 0 Å². The van der Waals surface area contributed by atoms with Gasteiger partial charge >= 0.3 is 0 Å². The number of nitrogens with zero attached hydrogens (tertiary/aromatic N) is 1. The smallest absolute Gasteiger partial charge is 0.244 e. The van der Waals surface area contributed by atoms with Crippen LogP contribution < -0.4 is 5.43 Å². The molecule has 2 aliphatic rings. The fraction of sp³-hybridized carbons (Fsp3) is 0.286. The van der Waals surface area contributed by atoms with Gasteiger partial charge in [-0.3, -0.25) is 4.79 Å². The zero-order chi connectivity index (χ0) is 11.7. The molecule has 3 rings (SSSR count). The van der Waals surface area contributed by atoms with Gasteiger partial charge in [0, 0.05) is 5.92 Å². The molecule has 0 radical (unpaired) electrons. The Balaban J connectivity index is 2.00.